The summed E-state index contributed by atoms with van der Waals surface area (Å²) in [6, 6.07) is 37.9. The molecule has 0 atom stereocenters. The van der Waals surface area contributed by atoms with E-state index in [0.717, 1.165) is 16.8 Å². The zero-order valence-corrected chi connectivity index (χ0v) is 25.0. The van der Waals surface area contributed by atoms with Gasteiger partial charge in [0, 0.05) is 44.3 Å². The van der Waals surface area contributed by atoms with Gasteiger partial charge in [0.05, 0.1) is 5.52 Å². The van der Waals surface area contributed by atoms with E-state index in [1.165, 1.54) is 67.8 Å². The van der Waals surface area contributed by atoms with E-state index in [4.69, 9.17) is 9.54 Å². The normalized spacial score (nSPS) is 11.7. The quantitative estimate of drug-likeness (QED) is 0.149. The summed E-state index contributed by atoms with van der Waals surface area (Å²) in [4.78, 5) is 8.52. The summed E-state index contributed by atoms with van der Waals surface area (Å²) in [6.45, 7) is 0. The van der Waals surface area contributed by atoms with Crippen molar-refractivity contribution >= 4 is 42.8 Å². The first-order valence-corrected chi connectivity index (χ1v) is 14.2. The van der Waals surface area contributed by atoms with Gasteiger partial charge in [-0.3, -0.25) is 9.54 Å². The Morgan fingerprint density at radius 2 is 1.49 bits per heavy atom. The minimum atomic E-state index is -4.11. The van der Waals surface area contributed by atoms with Gasteiger partial charge in [-0.25, -0.2) is 4.98 Å². The third-order valence-corrected chi connectivity index (χ3v) is 8.13. The van der Waals surface area contributed by atoms with Crippen molar-refractivity contribution in [1.82, 2.24) is 14.5 Å². The van der Waals surface area contributed by atoms with Crippen molar-refractivity contribution < 1.29 is 33.1 Å². The summed E-state index contributed by atoms with van der Waals surface area (Å²) in [5, 5.41) is 3.44. The van der Waals surface area contributed by atoms with Crippen LogP contribution in [-0.4, -0.2) is 27.5 Å². The molecule has 0 spiro atoms. The van der Waals surface area contributed by atoms with Gasteiger partial charge in [0.15, 0.2) is 5.03 Å². The second-order valence-electron chi connectivity index (χ2n) is 9.63. The molecule has 0 aliphatic heterocycles. The van der Waals surface area contributed by atoms with Gasteiger partial charge in [-0.15, -0.1) is 23.8 Å². The number of para-hydroxylation sites is 1. The van der Waals surface area contributed by atoms with Gasteiger partial charge < -0.3 is 4.57 Å². The van der Waals surface area contributed by atoms with Gasteiger partial charge in [0.25, 0.3) is 0 Å². The fourth-order valence-corrected chi connectivity index (χ4v) is 6.11. The molecule has 0 saturated carbocycles. The summed E-state index contributed by atoms with van der Waals surface area (Å²) in [5.74, 6) is 0. The minimum Gasteiger partial charge on any atom is -0.383 e. The van der Waals surface area contributed by atoms with E-state index in [0.29, 0.717) is 0 Å². The predicted molar refractivity (Wildman–Crippen MR) is 158 cm³/mol. The first kappa shape index (κ1) is 27.0. The molecule has 1 aliphatic carbocycles. The molecule has 41 heavy (non-hydrogen) atoms. The molecule has 3 aromatic heterocycles. The summed E-state index contributed by atoms with van der Waals surface area (Å²) >= 11 is 0. The van der Waals surface area contributed by atoms with Gasteiger partial charge in [0.2, 0.25) is 0 Å². The second kappa shape index (κ2) is 10.3. The Kier molecular flexibility index (Phi) is 6.80. The largest absolute Gasteiger partial charge is 0.383 e. The van der Waals surface area contributed by atoms with Gasteiger partial charge in [0.1, 0.15) is 0 Å². The van der Waals surface area contributed by atoms with Crippen LogP contribution < -0.4 is 0 Å². The molecule has 203 valence electrons. The number of pyridine rings is 2. The molecule has 7 aromatic rings. The smallest absolute Gasteiger partial charge is 0.312 e. The number of aromatic nitrogens is 3. The molecule has 1 aliphatic rings. The monoisotopic (exact) mass is 733 g/mol. The minimum absolute atomic E-state index is 0. The molecular formula is C33H22IrN3O3S-. The van der Waals surface area contributed by atoms with Crippen LogP contribution in [-0.2, 0) is 37.3 Å². The van der Waals surface area contributed by atoms with E-state index in [-0.39, 0.29) is 25.1 Å². The Balaban J connectivity index is 0.000000236. The van der Waals surface area contributed by atoms with Crippen molar-refractivity contribution in [3.63, 3.8) is 0 Å². The molecule has 0 amide bonds. The average molecular weight is 733 g/mol. The van der Waals surface area contributed by atoms with Crippen LogP contribution in [0.25, 0.3) is 66.2 Å². The molecular weight excluding hydrogens is 711 g/mol. The Morgan fingerprint density at radius 3 is 2.22 bits per heavy atom. The fourth-order valence-electron chi connectivity index (χ4n) is 5.67. The zero-order chi connectivity index (χ0) is 27.4. The van der Waals surface area contributed by atoms with Gasteiger partial charge in [-0.1, -0.05) is 72.1 Å². The molecule has 0 bridgehead atoms. The Hall–Kier alpha value is -4.20. The SMILES string of the molecule is Cn1c2ccccc2c2cc[c-]c(-c3cc4c5c(cccc5n3)-c3ccccc3-4)c21.O=S(=O)(O)c1ccccn1.[Ir]. The van der Waals surface area contributed by atoms with Crippen molar-refractivity contribution in [2.75, 3.05) is 0 Å². The van der Waals surface area contributed by atoms with E-state index in [9.17, 15) is 8.42 Å². The standard InChI is InChI=1S/C28H17N2.C5H5NO3S.Ir/c1-30-26-15-5-4-10-19(26)21-12-6-13-22(28(21)30)25-16-23-18-9-3-2-8-17(18)20-11-7-14-24(29-25)27(20)23;7-10(8,9)5-3-1-2-4-6-5;/h2-12,14-16H,1H3;1-4H,(H,7,8,9);/q-1;;. The van der Waals surface area contributed by atoms with Crippen molar-refractivity contribution in [3.05, 3.63) is 115 Å². The van der Waals surface area contributed by atoms with Gasteiger partial charge in [-0.05, 0) is 63.1 Å². The van der Waals surface area contributed by atoms with Crippen LogP contribution in [0.3, 0.4) is 0 Å². The Labute approximate surface area is 250 Å². The van der Waals surface area contributed by atoms with Crippen LogP contribution in [0.5, 0.6) is 0 Å². The Bertz CT molecular complexity index is 2210. The number of benzene rings is 4. The molecule has 0 fully saturated rings. The molecule has 0 saturated heterocycles. The van der Waals surface area contributed by atoms with Crippen LogP contribution in [0.2, 0.25) is 0 Å². The maximum Gasteiger partial charge on any atom is 0.312 e. The van der Waals surface area contributed by atoms with Gasteiger partial charge in [-0.2, -0.15) is 8.42 Å². The van der Waals surface area contributed by atoms with Crippen molar-refractivity contribution in [3.8, 4) is 33.5 Å². The number of aryl methyl sites for hydroxylation is 1. The van der Waals surface area contributed by atoms with E-state index in [1.807, 2.05) is 6.07 Å². The van der Waals surface area contributed by atoms with Crippen molar-refractivity contribution in [2.24, 2.45) is 7.05 Å². The van der Waals surface area contributed by atoms with E-state index < -0.39 is 10.1 Å². The van der Waals surface area contributed by atoms with Crippen LogP contribution in [0.4, 0.5) is 0 Å². The number of rotatable bonds is 2. The maximum absolute atomic E-state index is 10.3. The average Bonchev–Trinajstić information content (AvgIpc) is 3.47. The summed E-state index contributed by atoms with van der Waals surface area (Å²) in [6.07, 6.45) is 1.29. The first-order chi connectivity index (χ1) is 19.4. The van der Waals surface area contributed by atoms with Crippen LogP contribution in [0.1, 0.15) is 0 Å². The van der Waals surface area contributed by atoms with E-state index >= 15 is 0 Å². The fraction of sp³-hybridized carbons (Fsp3) is 0.0303. The molecule has 3 heterocycles. The van der Waals surface area contributed by atoms with Crippen LogP contribution in [0.15, 0.2) is 114 Å². The van der Waals surface area contributed by atoms with Crippen LogP contribution >= 0.6 is 0 Å². The number of nitrogens with zero attached hydrogens (tertiary/aromatic N) is 3. The summed E-state index contributed by atoms with van der Waals surface area (Å²) < 4.78 is 31.3. The van der Waals surface area contributed by atoms with Crippen LogP contribution in [0, 0.1) is 6.07 Å². The molecule has 0 unspecified atom stereocenters. The van der Waals surface area contributed by atoms with Crippen molar-refractivity contribution in [2.45, 2.75) is 5.03 Å². The second-order valence-corrected chi connectivity index (χ2v) is 11.0. The first-order valence-electron chi connectivity index (χ1n) is 12.7. The maximum atomic E-state index is 10.3. The third kappa shape index (κ3) is 4.46. The molecule has 6 nitrogen and oxygen atoms in total. The summed E-state index contributed by atoms with van der Waals surface area (Å²) in [5.41, 5.74) is 10.6. The van der Waals surface area contributed by atoms with Gasteiger partial charge >= 0.3 is 10.1 Å². The number of fused-ring (bicyclic) bond motifs is 6. The molecule has 1 N–H and O–H groups in total. The third-order valence-electron chi connectivity index (χ3n) is 7.36. The topological polar surface area (TPSA) is 85.1 Å². The van der Waals surface area contributed by atoms with E-state index in [2.05, 4.69) is 102 Å². The number of hydrogen-bond donors (Lipinski definition) is 1. The van der Waals surface area contributed by atoms with E-state index in [1.54, 1.807) is 6.07 Å². The molecule has 1 radical (unpaired) electrons. The summed E-state index contributed by atoms with van der Waals surface area (Å²) in [7, 11) is -1.98. The molecule has 8 rings (SSSR count). The zero-order valence-electron chi connectivity index (χ0n) is 21.7. The molecule has 4 aromatic carbocycles. The molecule has 8 heteroatoms. The Morgan fingerprint density at radius 1 is 0.780 bits per heavy atom. The van der Waals surface area contributed by atoms with Crippen molar-refractivity contribution in [1.29, 1.82) is 0 Å². The number of hydrogen-bond acceptors (Lipinski definition) is 4. The predicted octanol–water partition coefficient (Wildman–Crippen LogP) is 7.32.